The second-order valence-corrected chi connectivity index (χ2v) is 7.08. The number of carbonyl (C=O) groups is 1. The molecule has 1 aliphatic rings. The Labute approximate surface area is 133 Å². The molecule has 122 valence electrons. The van der Waals surface area contributed by atoms with Gasteiger partial charge in [0.1, 0.15) is 0 Å². The van der Waals surface area contributed by atoms with Gasteiger partial charge in [0.05, 0.1) is 6.10 Å². The molecule has 0 aromatic heterocycles. The Morgan fingerprint density at radius 3 is 2.36 bits per heavy atom. The van der Waals surface area contributed by atoms with Crippen LogP contribution in [0.2, 0.25) is 0 Å². The lowest BCUT2D eigenvalue weighted by Gasteiger charge is -2.28. The Hall–Kier alpha value is -1.55. The van der Waals surface area contributed by atoms with Crippen molar-refractivity contribution in [1.29, 1.82) is 0 Å². The van der Waals surface area contributed by atoms with Gasteiger partial charge < -0.3 is 15.7 Å². The van der Waals surface area contributed by atoms with Gasteiger partial charge in [-0.15, -0.1) is 0 Å². The van der Waals surface area contributed by atoms with Crippen LogP contribution in [-0.2, 0) is 5.41 Å². The summed E-state index contributed by atoms with van der Waals surface area (Å²) in [7, 11) is 0. The maximum Gasteiger partial charge on any atom is 0.315 e. The van der Waals surface area contributed by atoms with Crippen molar-refractivity contribution in [1.82, 2.24) is 10.6 Å². The highest BCUT2D eigenvalue weighted by Gasteiger charge is 2.23. The van der Waals surface area contributed by atoms with E-state index in [0.29, 0.717) is 6.54 Å². The fraction of sp³-hybridized carbons (Fsp3) is 0.611. The minimum absolute atomic E-state index is 0.103. The Kier molecular flexibility index (Phi) is 5.46. The van der Waals surface area contributed by atoms with Gasteiger partial charge in [0.2, 0.25) is 0 Å². The number of aliphatic hydroxyl groups is 1. The first-order valence-electron chi connectivity index (χ1n) is 8.16. The first kappa shape index (κ1) is 16.8. The van der Waals surface area contributed by atoms with Gasteiger partial charge in [-0.05, 0) is 38.2 Å². The van der Waals surface area contributed by atoms with Gasteiger partial charge in [0.25, 0.3) is 0 Å². The molecule has 4 heteroatoms. The second kappa shape index (κ2) is 7.14. The zero-order valence-corrected chi connectivity index (χ0v) is 13.9. The molecule has 2 rings (SSSR count). The molecule has 0 spiro atoms. The second-order valence-electron chi connectivity index (χ2n) is 7.08. The van der Waals surface area contributed by atoms with E-state index in [0.717, 1.165) is 25.7 Å². The summed E-state index contributed by atoms with van der Waals surface area (Å²) in [5.41, 5.74) is 2.36. The number of carbonyl (C=O) groups excluding carboxylic acids is 1. The number of nitrogens with one attached hydrogen (secondary N) is 2. The van der Waals surface area contributed by atoms with Crippen molar-refractivity contribution >= 4 is 6.03 Å². The van der Waals surface area contributed by atoms with Crippen LogP contribution < -0.4 is 10.6 Å². The molecule has 0 bridgehead atoms. The Morgan fingerprint density at radius 2 is 1.77 bits per heavy atom. The normalized spacial score (nSPS) is 22.2. The molecule has 3 N–H and O–H groups in total. The van der Waals surface area contributed by atoms with Crippen LogP contribution in [-0.4, -0.2) is 29.8 Å². The van der Waals surface area contributed by atoms with Gasteiger partial charge in [0, 0.05) is 18.0 Å². The molecule has 1 aliphatic carbocycles. The third-order valence-electron chi connectivity index (χ3n) is 4.56. The summed E-state index contributed by atoms with van der Waals surface area (Å²) in [4.78, 5) is 12.0. The molecule has 1 aromatic carbocycles. The van der Waals surface area contributed by atoms with Gasteiger partial charge in [-0.25, -0.2) is 4.79 Å². The SMILES string of the molecule is Cc1ccc(C(C)(C)CNC(=O)NC2CCC(O)CC2)cc1. The first-order valence-corrected chi connectivity index (χ1v) is 8.16. The van der Waals surface area contributed by atoms with Crippen molar-refractivity contribution in [3.63, 3.8) is 0 Å². The fourth-order valence-corrected chi connectivity index (χ4v) is 2.86. The Balaban J connectivity index is 1.81. The molecule has 0 atom stereocenters. The van der Waals surface area contributed by atoms with E-state index in [2.05, 4.69) is 55.7 Å². The van der Waals surface area contributed by atoms with Gasteiger partial charge >= 0.3 is 6.03 Å². The number of urea groups is 1. The minimum atomic E-state index is -0.193. The van der Waals surface area contributed by atoms with Gasteiger partial charge in [-0.2, -0.15) is 0 Å². The van der Waals surface area contributed by atoms with Crippen molar-refractivity contribution in [3.05, 3.63) is 35.4 Å². The maximum atomic E-state index is 12.0. The predicted octanol–water partition coefficient (Wildman–Crippen LogP) is 2.88. The summed E-state index contributed by atoms with van der Waals surface area (Å²) in [6, 6.07) is 8.52. The van der Waals surface area contributed by atoms with E-state index in [9.17, 15) is 9.90 Å². The molecule has 1 aromatic rings. The van der Waals surface area contributed by atoms with E-state index in [1.54, 1.807) is 0 Å². The van der Waals surface area contributed by atoms with E-state index in [1.165, 1.54) is 11.1 Å². The van der Waals surface area contributed by atoms with Crippen LogP contribution in [0.15, 0.2) is 24.3 Å². The molecule has 4 nitrogen and oxygen atoms in total. The van der Waals surface area contributed by atoms with Crippen LogP contribution in [0.1, 0.15) is 50.7 Å². The molecular weight excluding hydrogens is 276 g/mol. The molecule has 0 unspecified atom stereocenters. The van der Waals surface area contributed by atoms with Crippen LogP contribution >= 0.6 is 0 Å². The van der Waals surface area contributed by atoms with Crippen LogP contribution in [0.3, 0.4) is 0 Å². The summed E-state index contributed by atoms with van der Waals surface area (Å²) < 4.78 is 0. The number of amides is 2. The standard InChI is InChI=1S/C18H28N2O2/c1-13-4-6-14(7-5-13)18(2,3)12-19-17(22)20-15-8-10-16(21)11-9-15/h4-7,15-16,21H,8-12H2,1-3H3,(H2,19,20,22). The molecule has 0 radical (unpaired) electrons. The summed E-state index contributed by atoms with van der Waals surface area (Å²) >= 11 is 0. The monoisotopic (exact) mass is 304 g/mol. The molecule has 0 heterocycles. The highest BCUT2D eigenvalue weighted by Crippen LogP contribution is 2.22. The van der Waals surface area contributed by atoms with E-state index in [-0.39, 0.29) is 23.6 Å². The van der Waals surface area contributed by atoms with Crippen LogP contribution in [0.25, 0.3) is 0 Å². The van der Waals surface area contributed by atoms with Gasteiger partial charge in [0.15, 0.2) is 0 Å². The number of aliphatic hydroxyl groups excluding tert-OH is 1. The maximum absolute atomic E-state index is 12.0. The van der Waals surface area contributed by atoms with Crippen LogP contribution in [0.4, 0.5) is 4.79 Å². The lowest BCUT2D eigenvalue weighted by atomic mass is 9.84. The van der Waals surface area contributed by atoms with Crippen molar-refractivity contribution in [3.8, 4) is 0 Å². The highest BCUT2D eigenvalue weighted by atomic mass is 16.3. The van der Waals surface area contributed by atoms with E-state index in [4.69, 9.17) is 0 Å². The van der Waals surface area contributed by atoms with E-state index in [1.807, 2.05) is 0 Å². The Bertz CT molecular complexity index is 488. The Morgan fingerprint density at radius 1 is 1.18 bits per heavy atom. The van der Waals surface area contributed by atoms with Crippen LogP contribution in [0.5, 0.6) is 0 Å². The number of rotatable bonds is 4. The molecular formula is C18H28N2O2. The average molecular weight is 304 g/mol. The quantitative estimate of drug-likeness (QED) is 0.801. The number of hydrogen-bond donors (Lipinski definition) is 3. The fourth-order valence-electron chi connectivity index (χ4n) is 2.86. The third kappa shape index (κ3) is 4.73. The van der Waals surface area contributed by atoms with Crippen molar-refractivity contribution in [2.75, 3.05) is 6.54 Å². The number of hydrogen-bond acceptors (Lipinski definition) is 2. The average Bonchev–Trinajstić information content (AvgIpc) is 2.48. The van der Waals surface area contributed by atoms with Crippen molar-refractivity contribution in [2.24, 2.45) is 0 Å². The van der Waals surface area contributed by atoms with E-state index < -0.39 is 0 Å². The molecule has 2 amide bonds. The van der Waals surface area contributed by atoms with Gasteiger partial charge in [-0.3, -0.25) is 0 Å². The molecule has 22 heavy (non-hydrogen) atoms. The molecule has 1 saturated carbocycles. The lowest BCUT2D eigenvalue weighted by molar-refractivity contribution is 0.117. The highest BCUT2D eigenvalue weighted by molar-refractivity contribution is 5.74. The zero-order chi connectivity index (χ0) is 16.2. The van der Waals surface area contributed by atoms with Crippen molar-refractivity contribution in [2.45, 2.75) is 64.0 Å². The number of benzene rings is 1. The summed E-state index contributed by atoms with van der Waals surface area (Å²) in [6.07, 6.45) is 3.08. The predicted molar refractivity (Wildman–Crippen MR) is 89.0 cm³/mol. The van der Waals surface area contributed by atoms with Crippen molar-refractivity contribution < 1.29 is 9.90 Å². The summed E-state index contributed by atoms with van der Waals surface area (Å²) in [6.45, 7) is 6.94. The molecule has 0 saturated heterocycles. The lowest BCUT2D eigenvalue weighted by Crippen LogP contribution is -2.47. The van der Waals surface area contributed by atoms with Gasteiger partial charge in [-0.1, -0.05) is 43.7 Å². The summed E-state index contributed by atoms with van der Waals surface area (Å²) in [5, 5.41) is 15.5. The third-order valence-corrected chi connectivity index (χ3v) is 4.56. The van der Waals surface area contributed by atoms with E-state index >= 15 is 0 Å². The first-order chi connectivity index (χ1) is 10.4. The summed E-state index contributed by atoms with van der Waals surface area (Å²) in [5.74, 6) is 0. The zero-order valence-electron chi connectivity index (χ0n) is 13.9. The minimum Gasteiger partial charge on any atom is -0.393 e. The number of aryl methyl sites for hydroxylation is 1. The molecule has 1 fully saturated rings. The molecule has 0 aliphatic heterocycles. The smallest absolute Gasteiger partial charge is 0.315 e. The topological polar surface area (TPSA) is 61.4 Å². The van der Waals surface area contributed by atoms with Crippen LogP contribution in [0, 0.1) is 6.92 Å². The largest absolute Gasteiger partial charge is 0.393 e.